The van der Waals surface area contributed by atoms with Gasteiger partial charge in [-0.25, -0.2) is 0 Å². The van der Waals surface area contributed by atoms with Crippen LogP contribution in [0.15, 0.2) is 0 Å². The molecule has 0 saturated carbocycles. The second-order valence-corrected chi connectivity index (χ2v) is 5.05. The van der Waals surface area contributed by atoms with Gasteiger partial charge in [-0.15, -0.1) is 0 Å². The van der Waals surface area contributed by atoms with Gasteiger partial charge in [-0.1, -0.05) is 39.0 Å². The molecule has 0 aromatic carbocycles. The first-order valence-electron chi connectivity index (χ1n) is 7.66. The van der Waals surface area contributed by atoms with Gasteiger partial charge in [-0.2, -0.15) is 0 Å². The third-order valence-corrected chi connectivity index (χ3v) is 3.06. The zero-order valence-electron chi connectivity index (χ0n) is 12.6. The van der Waals surface area contributed by atoms with E-state index in [9.17, 15) is 0 Å². The average molecular weight is 278 g/mol. The molecule has 0 aliphatic carbocycles. The van der Waals surface area contributed by atoms with Gasteiger partial charge in [0.25, 0.3) is 0 Å². The Morgan fingerprint density at radius 1 is 0.526 bits per heavy atom. The van der Waals surface area contributed by atoms with Crippen LogP contribution in [0.4, 0.5) is 0 Å². The summed E-state index contributed by atoms with van der Waals surface area (Å²) in [7, 11) is 0. The van der Waals surface area contributed by atoms with Crippen LogP contribution in [0, 0.1) is 5.92 Å². The van der Waals surface area contributed by atoms with Crippen LogP contribution >= 0.6 is 0 Å². The van der Waals surface area contributed by atoms with Crippen molar-refractivity contribution in [1.82, 2.24) is 0 Å². The van der Waals surface area contributed by atoms with Crippen LogP contribution in [0.5, 0.6) is 0 Å². The maximum Gasteiger partial charge on any atom is 0.0433 e. The van der Waals surface area contributed by atoms with E-state index >= 15 is 0 Å². The van der Waals surface area contributed by atoms with Gasteiger partial charge in [-0.3, -0.25) is 0 Å². The highest BCUT2D eigenvalue weighted by molar-refractivity contribution is 4.49. The highest BCUT2D eigenvalue weighted by atomic mass is 16.3. The predicted molar refractivity (Wildman–Crippen MR) is 79.1 cm³/mol. The van der Waals surface area contributed by atoms with Crippen molar-refractivity contribution in [3.05, 3.63) is 0 Å². The van der Waals surface area contributed by atoms with Gasteiger partial charge >= 0.3 is 0 Å². The molecule has 0 rings (SSSR count). The molecule has 4 heteroatoms. The number of rotatable bonds is 12. The van der Waals surface area contributed by atoms with Crippen LogP contribution in [0.2, 0.25) is 0 Å². The van der Waals surface area contributed by atoms with Gasteiger partial charge in [-0.05, 0) is 31.6 Å². The molecular formula is C15H34O4. The SMILES string of the molecule is CC(CCO)CCO.OCCCCCCCCCO. The molecule has 0 saturated heterocycles. The fraction of sp³-hybridized carbons (Fsp3) is 1.00. The lowest BCUT2D eigenvalue weighted by molar-refractivity contribution is 0.223. The maximum absolute atomic E-state index is 8.47. The van der Waals surface area contributed by atoms with Gasteiger partial charge in [0, 0.05) is 26.4 Å². The van der Waals surface area contributed by atoms with Crippen molar-refractivity contribution in [3.8, 4) is 0 Å². The average Bonchev–Trinajstić information content (AvgIpc) is 2.39. The summed E-state index contributed by atoms with van der Waals surface area (Å²) in [5.41, 5.74) is 0. The van der Waals surface area contributed by atoms with Gasteiger partial charge < -0.3 is 20.4 Å². The largest absolute Gasteiger partial charge is 0.396 e. The normalized spacial score (nSPS) is 10.4. The Hall–Kier alpha value is -0.160. The van der Waals surface area contributed by atoms with Crippen LogP contribution < -0.4 is 0 Å². The monoisotopic (exact) mass is 278 g/mol. The second kappa shape index (κ2) is 20.2. The molecule has 0 unspecified atom stereocenters. The van der Waals surface area contributed by atoms with Crippen LogP contribution in [-0.2, 0) is 0 Å². The van der Waals surface area contributed by atoms with E-state index in [2.05, 4.69) is 0 Å². The molecule has 0 fully saturated rings. The molecule has 0 bridgehead atoms. The van der Waals surface area contributed by atoms with Crippen LogP contribution in [0.25, 0.3) is 0 Å². The Labute approximate surface area is 118 Å². The minimum atomic E-state index is 0.237. The topological polar surface area (TPSA) is 80.9 Å². The van der Waals surface area contributed by atoms with E-state index < -0.39 is 0 Å². The van der Waals surface area contributed by atoms with Crippen molar-refractivity contribution in [1.29, 1.82) is 0 Å². The molecule has 0 aromatic heterocycles. The third kappa shape index (κ3) is 23.4. The Bertz CT molecular complexity index is 128. The highest BCUT2D eigenvalue weighted by Gasteiger charge is 1.97. The lowest BCUT2D eigenvalue weighted by Gasteiger charge is -2.04. The quantitative estimate of drug-likeness (QED) is 0.412. The molecule has 0 radical (unpaired) electrons. The molecule has 0 aromatic rings. The standard InChI is InChI=1S/C9H20O2.C6H14O2/c10-8-6-4-2-1-3-5-7-9-11;1-6(2-4-7)3-5-8/h10-11H,1-9H2;6-8H,2-5H2,1H3. The van der Waals surface area contributed by atoms with Crippen LogP contribution in [-0.4, -0.2) is 46.9 Å². The minimum absolute atomic E-state index is 0.237. The minimum Gasteiger partial charge on any atom is -0.396 e. The Morgan fingerprint density at radius 3 is 1.11 bits per heavy atom. The summed E-state index contributed by atoms with van der Waals surface area (Å²) in [6.45, 7) is 3.15. The molecular weight excluding hydrogens is 244 g/mol. The summed E-state index contributed by atoms with van der Waals surface area (Å²) in [4.78, 5) is 0. The van der Waals surface area contributed by atoms with E-state index in [1.165, 1.54) is 19.3 Å². The molecule has 118 valence electrons. The number of unbranched alkanes of at least 4 members (excludes halogenated alkanes) is 6. The first kappa shape index (κ1) is 21.1. The summed E-state index contributed by atoms with van der Waals surface area (Å²) in [6.07, 6.45) is 9.50. The zero-order valence-corrected chi connectivity index (χ0v) is 12.6. The molecule has 0 atom stereocenters. The molecule has 0 amide bonds. The molecule has 0 aliphatic rings. The number of hydrogen-bond donors (Lipinski definition) is 4. The van der Waals surface area contributed by atoms with Crippen molar-refractivity contribution in [3.63, 3.8) is 0 Å². The number of aliphatic hydroxyl groups excluding tert-OH is 4. The molecule has 0 aliphatic heterocycles. The number of aliphatic hydroxyl groups is 4. The summed E-state index contributed by atoms with van der Waals surface area (Å²) >= 11 is 0. The summed E-state index contributed by atoms with van der Waals surface area (Å²) in [6, 6.07) is 0. The van der Waals surface area contributed by atoms with E-state index in [1.54, 1.807) is 0 Å². The molecule has 19 heavy (non-hydrogen) atoms. The smallest absolute Gasteiger partial charge is 0.0433 e. The maximum atomic E-state index is 8.47. The van der Waals surface area contributed by atoms with Crippen molar-refractivity contribution in [2.75, 3.05) is 26.4 Å². The molecule has 0 spiro atoms. The fourth-order valence-electron chi connectivity index (χ4n) is 1.69. The Morgan fingerprint density at radius 2 is 0.842 bits per heavy atom. The zero-order chi connectivity index (χ0) is 14.8. The summed E-state index contributed by atoms with van der Waals surface area (Å²) in [5, 5.41) is 33.7. The van der Waals surface area contributed by atoms with Gasteiger partial charge in [0.15, 0.2) is 0 Å². The van der Waals surface area contributed by atoms with Crippen LogP contribution in [0.3, 0.4) is 0 Å². The van der Waals surface area contributed by atoms with Gasteiger partial charge in [0.2, 0.25) is 0 Å². The third-order valence-electron chi connectivity index (χ3n) is 3.06. The van der Waals surface area contributed by atoms with Crippen molar-refractivity contribution in [2.24, 2.45) is 5.92 Å². The lowest BCUT2D eigenvalue weighted by Crippen LogP contribution is -1.99. The van der Waals surface area contributed by atoms with E-state index in [0.29, 0.717) is 19.1 Å². The first-order chi connectivity index (χ1) is 9.22. The van der Waals surface area contributed by atoms with E-state index in [-0.39, 0.29) is 13.2 Å². The van der Waals surface area contributed by atoms with Gasteiger partial charge in [0.1, 0.15) is 0 Å². The lowest BCUT2D eigenvalue weighted by atomic mass is 10.1. The fourth-order valence-corrected chi connectivity index (χ4v) is 1.69. The van der Waals surface area contributed by atoms with E-state index in [4.69, 9.17) is 20.4 Å². The van der Waals surface area contributed by atoms with Gasteiger partial charge in [0.05, 0.1) is 0 Å². The summed E-state index contributed by atoms with van der Waals surface area (Å²) < 4.78 is 0. The highest BCUT2D eigenvalue weighted by Crippen LogP contribution is 2.06. The first-order valence-corrected chi connectivity index (χ1v) is 7.66. The van der Waals surface area contributed by atoms with E-state index in [1.807, 2.05) is 6.92 Å². The van der Waals surface area contributed by atoms with Crippen molar-refractivity contribution < 1.29 is 20.4 Å². The molecule has 4 nitrogen and oxygen atoms in total. The van der Waals surface area contributed by atoms with Crippen LogP contribution in [0.1, 0.15) is 64.7 Å². The Balaban J connectivity index is 0. The molecule has 0 heterocycles. The number of hydrogen-bond acceptors (Lipinski definition) is 4. The van der Waals surface area contributed by atoms with Crippen molar-refractivity contribution in [2.45, 2.75) is 64.7 Å². The predicted octanol–water partition coefficient (Wildman–Crippen LogP) is 2.09. The molecule has 4 N–H and O–H groups in total. The Kier molecular flexibility index (Phi) is 22.4. The second-order valence-electron chi connectivity index (χ2n) is 5.05. The van der Waals surface area contributed by atoms with E-state index in [0.717, 1.165) is 38.5 Å². The summed E-state index contributed by atoms with van der Waals surface area (Å²) in [5.74, 6) is 0.463. The van der Waals surface area contributed by atoms with Crippen molar-refractivity contribution >= 4 is 0 Å².